The molecule has 0 bridgehead atoms. The van der Waals surface area contributed by atoms with Crippen LogP contribution in [0.5, 0.6) is 0 Å². The molecule has 3 aromatic heterocycles. The number of nitrogens with zero attached hydrogens (tertiary/aromatic N) is 4. The molecule has 0 saturated carbocycles. The fourth-order valence-electron chi connectivity index (χ4n) is 3.80. The number of aryl methyl sites for hydroxylation is 1. The first-order chi connectivity index (χ1) is 14.6. The molecule has 0 radical (unpaired) electrons. The second kappa shape index (κ2) is 8.75. The van der Waals surface area contributed by atoms with Crippen molar-refractivity contribution in [1.82, 2.24) is 24.5 Å². The van der Waals surface area contributed by atoms with Gasteiger partial charge >= 0.3 is 0 Å². The summed E-state index contributed by atoms with van der Waals surface area (Å²) in [5.74, 6) is 1.57. The Labute approximate surface area is 180 Å². The Morgan fingerprint density at radius 1 is 1.10 bits per heavy atom. The summed E-state index contributed by atoms with van der Waals surface area (Å²) in [6, 6.07) is 17.6. The predicted molar refractivity (Wildman–Crippen MR) is 121 cm³/mol. The van der Waals surface area contributed by atoms with E-state index in [9.17, 15) is 4.79 Å². The quantitative estimate of drug-likeness (QED) is 0.483. The van der Waals surface area contributed by atoms with E-state index in [1.807, 2.05) is 79.0 Å². The zero-order valence-corrected chi connectivity index (χ0v) is 18.2. The Bertz CT molecular complexity index is 1170. The maximum absolute atomic E-state index is 13.3. The number of carbonyl (C=O) groups excluding carboxylic acids is 1. The third-order valence-electron chi connectivity index (χ3n) is 5.26. The molecule has 30 heavy (non-hydrogen) atoms. The number of amides is 1. The van der Waals surface area contributed by atoms with Crippen LogP contribution >= 0.6 is 11.8 Å². The SMILES string of the molecule is CSCCC(NC(=O)c1cc(C)n(-c2ccccc2)c1C)c1nnc2ccccn12. The minimum atomic E-state index is -0.220. The van der Waals surface area contributed by atoms with Gasteiger partial charge < -0.3 is 9.88 Å². The highest BCUT2D eigenvalue weighted by Gasteiger charge is 2.23. The molecular weight excluding hydrogens is 394 g/mol. The van der Waals surface area contributed by atoms with Crippen LogP contribution in [0.3, 0.4) is 0 Å². The van der Waals surface area contributed by atoms with Gasteiger partial charge in [-0.05, 0) is 62.6 Å². The number of para-hydroxylation sites is 1. The van der Waals surface area contributed by atoms with Crippen LogP contribution in [0.4, 0.5) is 0 Å². The molecule has 0 fully saturated rings. The van der Waals surface area contributed by atoms with Crippen molar-refractivity contribution in [1.29, 1.82) is 0 Å². The number of hydrogen-bond donors (Lipinski definition) is 1. The lowest BCUT2D eigenvalue weighted by atomic mass is 10.1. The van der Waals surface area contributed by atoms with Crippen molar-refractivity contribution >= 4 is 23.3 Å². The van der Waals surface area contributed by atoms with E-state index in [4.69, 9.17) is 0 Å². The maximum atomic E-state index is 13.3. The van der Waals surface area contributed by atoms with Gasteiger partial charge in [0.05, 0.1) is 11.6 Å². The topological polar surface area (TPSA) is 64.2 Å². The number of pyridine rings is 1. The van der Waals surface area contributed by atoms with E-state index < -0.39 is 0 Å². The van der Waals surface area contributed by atoms with Crippen molar-refractivity contribution in [3.63, 3.8) is 0 Å². The molecule has 6 nitrogen and oxygen atoms in total. The maximum Gasteiger partial charge on any atom is 0.253 e. The fraction of sp³-hybridized carbons (Fsp3) is 0.261. The lowest BCUT2D eigenvalue weighted by Crippen LogP contribution is -2.30. The van der Waals surface area contributed by atoms with E-state index in [1.165, 1.54) is 0 Å². The van der Waals surface area contributed by atoms with E-state index in [0.29, 0.717) is 5.56 Å². The summed E-state index contributed by atoms with van der Waals surface area (Å²) >= 11 is 1.75. The van der Waals surface area contributed by atoms with Crippen LogP contribution < -0.4 is 5.32 Å². The van der Waals surface area contributed by atoms with Gasteiger partial charge in [0.1, 0.15) is 0 Å². The van der Waals surface area contributed by atoms with Gasteiger partial charge in [0, 0.05) is 23.3 Å². The summed E-state index contributed by atoms with van der Waals surface area (Å²) in [6.45, 7) is 4.01. The molecule has 1 unspecified atom stereocenters. The number of rotatable bonds is 7. The first-order valence-corrected chi connectivity index (χ1v) is 11.3. The van der Waals surface area contributed by atoms with Gasteiger partial charge in [-0.25, -0.2) is 0 Å². The Balaban J connectivity index is 1.65. The van der Waals surface area contributed by atoms with E-state index in [1.54, 1.807) is 11.8 Å². The van der Waals surface area contributed by atoms with Gasteiger partial charge in [0.25, 0.3) is 5.91 Å². The second-order valence-corrected chi connectivity index (χ2v) is 8.24. The van der Waals surface area contributed by atoms with Crippen molar-refractivity contribution in [3.05, 3.63) is 83.6 Å². The lowest BCUT2D eigenvalue weighted by Gasteiger charge is -2.17. The predicted octanol–water partition coefficient (Wildman–Crippen LogP) is 4.36. The van der Waals surface area contributed by atoms with Gasteiger partial charge in [0.15, 0.2) is 11.5 Å². The normalized spacial score (nSPS) is 12.2. The van der Waals surface area contributed by atoms with E-state index >= 15 is 0 Å². The highest BCUT2D eigenvalue weighted by Crippen LogP contribution is 2.23. The van der Waals surface area contributed by atoms with Crippen molar-refractivity contribution in [2.75, 3.05) is 12.0 Å². The largest absolute Gasteiger partial charge is 0.342 e. The molecule has 3 heterocycles. The molecule has 1 aromatic carbocycles. The van der Waals surface area contributed by atoms with E-state index in [2.05, 4.69) is 26.3 Å². The molecule has 0 saturated heterocycles. The van der Waals surface area contributed by atoms with Crippen molar-refractivity contribution < 1.29 is 4.79 Å². The van der Waals surface area contributed by atoms with Crippen molar-refractivity contribution in [2.24, 2.45) is 0 Å². The molecule has 0 aliphatic heterocycles. The zero-order chi connectivity index (χ0) is 21.1. The van der Waals surface area contributed by atoms with Crippen LogP contribution in [0.2, 0.25) is 0 Å². The number of fused-ring (bicyclic) bond motifs is 1. The fourth-order valence-corrected chi connectivity index (χ4v) is 4.27. The molecule has 0 aliphatic carbocycles. The minimum Gasteiger partial charge on any atom is -0.342 e. The monoisotopic (exact) mass is 419 g/mol. The number of carbonyl (C=O) groups is 1. The average molecular weight is 420 g/mol. The summed E-state index contributed by atoms with van der Waals surface area (Å²) in [7, 11) is 0. The Morgan fingerprint density at radius 2 is 1.87 bits per heavy atom. The Hall–Kier alpha value is -3.06. The third-order valence-corrected chi connectivity index (χ3v) is 5.90. The molecule has 0 aliphatic rings. The number of hydrogen-bond acceptors (Lipinski definition) is 4. The van der Waals surface area contributed by atoms with Crippen molar-refractivity contribution in [3.8, 4) is 5.69 Å². The summed E-state index contributed by atoms with van der Waals surface area (Å²) in [4.78, 5) is 13.3. The van der Waals surface area contributed by atoms with Crippen LogP contribution in [-0.4, -0.2) is 37.1 Å². The number of benzene rings is 1. The summed E-state index contributed by atoms with van der Waals surface area (Å²) < 4.78 is 4.05. The summed E-state index contributed by atoms with van der Waals surface area (Å²) in [6.07, 6.45) is 4.78. The van der Waals surface area contributed by atoms with Crippen LogP contribution in [-0.2, 0) is 0 Å². The molecule has 4 aromatic rings. The number of thioether (sulfide) groups is 1. The van der Waals surface area contributed by atoms with Gasteiger partial charge in [-0.1, -0.05) is 24.3 Å². The molecular formula is C23H25N5OS. The van der Waals surface area contributed by atoms with E-state index in [0.717, 1.165) is 40.7 Å². The molecule has 4 rings (SSSR count). The zero-order valence-electron chi connectivity index (χ0n) is 17.4. The molecule has 1 amide bonds. The number of aromatic nitrogens is 4. The highest BCUT2D eigenvalue weighted by molar-refractivity contribution is 7.98. The molecule has 1 N–H and O–H groups in total. The van der Waals surface area contributed by atoms with Gasteiger partial charge in [-0.15, -0.1) is 10.2 Å². The first-order valence-electron chi connectivity index (χ1n) is 9.94. The smallest absolute Gasteiger partial charge is 0.253 e. The van der Waals surface area contributed by atoms with Crippen LogP contribution in [0.25, 0.3) is 11.3 Å². The standard InChI is InChI=1S/C23H25N5OS/c1-16-15-19(17(2)28(16)18-9-5-4-6-10-18)23(29)24-20(12-14-30-3)22-26-25-21-11-7-8-13-27(21)22/h4-11,13,15,20H,12,14H2,1-3H3,(H,24,29). The molecule has 154 valence electrons. The number of nitrogens with one attached hydrogen (secondary N) is 1. The molecule has 1 atom stereocenters. The minimum absolute atomic E-state index is 0.0935. The second-order valence-electron chi connectivity index (χ2n) is 7.25. The van der Waals surface area contributed by atoms with Gasteiger partial charge in [-0.3, -0.25) is 9.20 Å². The van der Waals surface area contributed by atoms with Crippen LogP contribution in [0.1, 0.15) is 40.0 Å². The van der Waals surface area contributed by atoms with Crippen LogP contribution in [0.15, 0.2) is 60.8 Å². The van der Waals surface area contributed by atoms with Crippen molar-refractivity contribution in [2.45, 2.75) is 26.3 Å². The highest BCUT2D eigenvalue weighted by atomic mass is 32.2. The Morgan fingerprint density at radius 3 is 2.63 bits per heavy atom. The van der Waals surface area contributed by atoms with Gasteiger partial charge in [0.2, 0.25) is 0 Å². The third kappa shape index (κ3) is 3.85. The molecule has 0 spiro atoms. The van der Waals surface area contributed by atoms with Gasteiger partial charge in [-0.2, -0.15) is 11.8 Å². The summed E-state index contributed by atoms with van der Waals surface area (Å²) in [5, 5.41) is 11.8. The lowest BCUT2D eigenvalue weighted by molar-refractivity contribution is 0.0933. The first kappa shape index (κ1) is 20.2. The summed E-state index contributed by atoms with van der Waals surface area (Å²) in [5.41, 5.74) is 4.45. The molecule has 7 heteroatoms. The van der Waals surface area contributed by atoms with Crippen LogP contribution in [0, 0.1) is 13.8 Å². The average Bonchev–Trinajstić information content (AvgIpc) is 3.32. The Kier molecular flexibility index (Phi) is 5.90. The van der Waals surface area contributed by atoms with E-state index in [-0.39, 0.29) is 11.9 Å².